The Labute approximate surface area is 79.8 Å². The van der Waals surface area contributed by atoms with Crippen molar-refractivity contribution in [1.29, 1.82) is 0 Å². The van der Waals surface area contributed by atoms with Crippen molar-refractivity contribution in [2.24, 2.45) is 0 Å². The third-order valence-corrected chi connectivity index (χ3v) is 1.50. The Hall–Kier alpha value is 0.300. The number of hydrogen-bond acceptors (Lipinski definition) is 3. The van der Waals surface area contributed by atoms with E-state index in [4.69, 9.17) is 0 Å². The van der Waals surface area contributed by atoms with E-state index in [9.17, 15) is 5.11 Å². The van der Waals surface area contributed by atoms with E-state index in [1.54, 1.807) is 11.4 Å². The molecule has 0 aromatic carbocycles. The average molecular weight is 152 g/mol. The van der Waals surface area contributed by atoms with Crippen LogP contribution in [-0.2, 0) is 0 Å². The Morgan fingerprint density at radius 2 is 2.33 bits per heavy atom. The minimum absolute atomic E-state index is 0. The molecule has 0 aliphatic carbocycles. The van der Waals surface area contributed by atoms with Gasteiger partial charge in [-0.05, 0) is 16.5 Å². The Bertz CT molecular complexity index is 175. The topological polar surface area (TPSA) is 32.3 Å². The van der Waals surface area contributed by atoms with Gasteiger partial charge in [-0.2, -0.15) is 11.3 Å². The van der Waals surface area contributed by atoms with Crippen molar-refractivity contribution in [3.05, 3.63) is 11.4 Å². The summed E-state index contributed by atoms with van der Waals surface area (Å²) in [5.41, 5.74) is 0. The van der Waals surface area contributed by atoms with Crippen LogP contribution >= 0.6 is 11.3 Å². The first kappa shape index (κ1) is 9.30. The fourth-order valence-electron chi connectivity index (χ4n) is 0.435. The molecule has 44 valence electrons. The predicted molar refractivity (Wildman–Crippen MR) is 30.3 cm³/mol. The van der Waals surface area contributed by atoms with Crippen LogP contribution in [-0.4, -0.2) is 7.11 Å². The fourth-order valence-corrected chi connectivity index (χ4v) is 1.02. The van der Waals surface area contributed by atoms with Crippen molar-refractivity contribution in [2.75, 3.05) is 7.11 Å². The minimum atomic E-state index is -0.00694. The van der Waals surface area contributed by atoms with Gasteiger partial charge in [0, 0.05) is 0 Å². The smallest absolute Gasteiger partial charge is 0.862 e. The van der Waals surface area contributed by atoms with E-state index >= 15 is 0 Å². The van der Waals surface area contributed by atoms with Gasteiger partial charge in [-0.15, -0.1) is 0 Å². The first-order valence-corrected chi connectivity index (χ1v) is 3.01. The molecule has 0 spiro atoms. The van der Waals surface area contributed by atoms with E-state index in [1.165, 1.54) is 7.11 Å². The molecule has 0 N–H and O–H groups in total. The predicted octanol–water partition coefficient (Wildman–Crippen LogP) is -2.17. The first-order chi connectivity index (χ1) is 3.84. The van der Waals surface area contributed by atoms with E-state index in [0.29, 0.717) is 5.75 Å². The third-order valence-electron chi connectivity index (χ3n) is 0.816. The molecule has 0 fully saturated rings. The van der Waals surface area contributed by atoms with Crippen LogP contribution in [0, 0.1) is 0 Å². The van der Waals surface area contributed by atoms with E-state index in [-0.39, 0.29) is 34.6 Å². The Balaban J connectivity index is 0.000000640. The van der Waals surface area contributed by atoms with Crippen molar-refractivity contribution < 1.29 is 39.4 Å². The maximum atomic E-state index is 10.5. The largest absolute Gasteiger partial charge is 1.00 e. The molecular formula is C5H5NaO2S. The summed E-state index contributed by atoms with van der Waals surface area (Å²) in [6.45, 7) is 0. The van der Waals surface area contributed by atoms with Gasteiger partial charge >= 0.3 is 29.6 Å². The molecule has 0 aliphatic heterocycles. The molecule has 0 saturated carbocycles. The number of rotatable bonds is 1. The van der Waals surface area contributed by atoms with Gasteiger partial charge in [0.2, 0.25) is 0 Å². The van der Waals surface area contributed by atoms with Gasteiger partial charge in [0.25, 0.3) is 0 Å². The Kier molecular flexibility index (Phi) is 4.31. The van der Waals surface area contributed by atoms with E-state index < -0.39 is 0 Å². The zero-order valence-corrected chi connectivity index (χ0v) is 8.20. The number of methoxy groups -OCH3 is 1. The van der Waals surface area contributed by atoms with Gasteiger partial charge in [0.1, 0.15) is 5.75 Å². The Morgan fingerprint density at radius 1 is 1.67 bits per heavy atom. The zero-order chi connectivity index (χ0) is 5.98. The summed E-state index contributed by atoms with van der Waals surface area (Å²) >= 11 is 1.15. The van der Waals surface area contributed by atoms with Crippen molar-refractivity contribution in [3.8, 4) is 10.8 Å². The third kappa shape index (κ3) is 2.18. The van der Waals surface area contributed by atoms with E-state index in [1.807, 2.05) is 0 Å². The summed E-state index contributed by atoms with van der Waals surface area (Å²) in [5, 5.41) is 12.2. The average Bonchev–Trinajstić information content (AvgIpc) is 2.14. The van der Waals surface area contributed by atoms with Gasteiger partial charge in [0.05, 0.1) is 7.11 Å². The number of thiophene rings is 1. The second-order valence-electron chi connectivity index (χ2n) is 1.28. The molecule has 0 aliphatic rings. The number of ether oxygens (including phenoxy) is 1. The molecule has 0 atom stereocenters. The molecule has 0 saturated heterocycles. The molecule has 0 amide bonds. The van der Waals surface area contributed by atoms with Crippen LogP contribution in [0.25, 0.3) is 0 Å². The Morgan fingerprint density at radius 3 is 2.56 bits per heavy atom. The van der Waals surface area contributed by atoms with Crippen LogP contribution in [0.2, 0.25) is 0 Å². The van der Waals surface area contributed by atoms with Crippen molar-refractivity contribution in [3.63, 3.8) is 0 Å². The van der Waals surface area contributed by atoms with Crippen LogP contribution in [0.3, 0.4) is 0 Å². The van der Waals surface area contributed by atoms with Crippen molar-refractivity contribution in [1.82, 2.24) is 0 Å². The quantitative estimate of drug-likeness (QED) is 0.429. The van der Waals surface area contributed by atoms with Gasteiger partial charge < -0.3 is 9.84 Å². The number of hydrogen-bond donors (Lipinski definition) is 0. The van der Waals surface area contributed by atoms with Gasteiger partial charge in [0.15, 0.2) is 0 Å². The van der Waals surface area contributed by atoms with Crippen LogP contribution in [0.5, 0.6) is 10.8 Å². The van der Waals surface area contributed by atoms with Crippen molar-refractivity contribution >= 4 is 11.3 Å². The zero-order valence-electron chi connectivity index (χ0n) is 5.38. The van der Waals surface area contributed by atoms with Crippen LogP contribution in [0.1, 0.15) is 0 Å². The second kappa shape index (κ2) is 4.17. The van der Waals surface area contributed by atoms with Gasteiger partial charge in [-0.3, -0.25) is 0 Å². The molecular weight excluding hydrogens is 147 g/mol. The SMILES string of the molecule is COc1ccsc1[O-].[Na+]. The summed E-state index contributed by atoms with van der Waals surface area (Å²) in [6.07, 6.45) is 0. The summed E-state index contributed by atoms with van der Waals surface area (Å²) in [6, 6.07) is 1.66. The van der Waals surface area contributed by atoms with Crippen LogP contribution in [0.4, 0.5) is 0 Å². The summed E-state index contributed by atoms with van der Waals surface area (Å²) < 4.78 is 4.68. The van der Waals surface area contributed by atoms with Gasteiger partial charge in [-0.1, -0.05) is 0 Å². The monoisotopic (exact) mass is 152 g/mol. The second-order valence-corrected chi connectivity index (χ2v) is 2.16. The molecule has 2 nitrogen and oxygen atoms in total. The molecule has 0 bridgehead atoms. The normalized spacial score (nSPS) is 8.11. The maximum Gasteiger partial charge on any atom is 1.00 e. The molecule has 0 radical (unpaired) electrons. The molecule has 1 rings (SSSR count). The van der Waals surface area contributed by atoms with Gasteiger partial charge in [-0.25, -0.2) is 0 Å². The first-order valence-electron chi connectivity index (χ1n) is 2.13. The molecule has 1 aromatic rings. The summed E-state index contributed by atoms with van der Waals surface area (Å²) in [5.74, 6) is 0.440. The molecule has 9 heavy (non-hydrogen) atoms. The van der Waals surface area contributed by atoms with E-state index in [0.717, 1.165) is 11.3 Å². The fraction of sp³-hybridized carbons (Fsp3) is 0.200. The van der Waals surface area contributed by atoms with Crippen LogP contribution in [0.15, 0.2) is 11.4 Å². The van der Waals surface area contributed by atoms with Crippen LogP contribution < -0.4 is 39.4 Å². The summed E-state index contributed by atoms with van der Waals surface area (Å²) in [7, 11) is 1.49. The maximum absolute atomic E-state index is 10.5. The standard InChI is InChI=1S/C5H6O2S.Na/c1-7-4-2-3-8-5(4)6;/h2-3,6H,1H3;/q;+1/p-1. The molecule has 1 aromatic heterocycles. The summed E-state index contributed by atoms with van der Waals surface area (Å²) in [4.78, 5) is 0. The minimum Gasteiger partial charge on any atom is -0.862 e. The molecule has 4 heteroatoms. The van der Waals surface area contributed by atoms with E-state index in [2.05, 4.69) is 4.74 Å². The molecule has 0 unspecified atom stereocenters. The van der Waals surface area contributed by atoms with Crippen molar-refractivity contribution in [2.45, 2.75) is 0 Å². The molecule has 1 heterocycles.